The van der Waals surface area contributed by atoms with E-state index in [0.29, 0.717) is 11.6 Å². The van der Waals surface area contributed by atoms with Gasteiger partial charge in [0.2, 0.25) is 0 Å². The standard InChI is InChI=1S/C14H17ClN2O4/c1-9(10-2-4-11(15)5-3-10)16-14(20)17-6-7-21-8-12(17)13(18)19/h2-5,9,12H,6-8H2,1H3,(H,16,20)(H,18,19). The van der Waals surface area contributed by atoms with Crippen molar-refractivity contribution >= 4 is 23.6 Å². The van der Waals surface area contributed by atoms with Gasteiger partial charge in [0.15, 0.2) is 6.04 Å². The Morgan fingerprint density at radius 1 is 1.43 bits per heavy atom. The Morgan fingerprint density at radius 3 is 2.71 bits per heavy atom. The SMILES string of the molecule is CC(NC(=O)N1CCOCC1C(=O)O)c1ccc(Cl)cc1. The molecule has 2 rings (SSSR count). The highest BCUT2D eigenvalue weighted by Crippen LogP contribution is 2.17. The fraction of sp³-hybridized carbons (Fsp3) is 0.429. The average molecular weight is 313 g/mol. The molecule has 0 saturated carbocycles. The van der Waals surface area contributed by atoms with Gasteiger partial charge in [-0.3, -0.25) is 0 Å². The van der Waals surface area contributed by atoms with E-state index in [2.05, 4.69) is 5.32 Å². The first-order valence-corrected chi connectivity index (χ1v) is 7.00. The van der Waals surface area contributed by atoms with Crippen molar-refractivity contribution in [2.75, 3.05) is 19.8 Å². The summed E-state index contributed by atoms with van der Waals surface area (Å²) < 4.78 is 5.11. The molecule has 2 N–H and O–H groups in total. The van der Waals surface area contributed by atoms with Crippen molar-refractivity contribution < 1.29 is 19.4 Å². The van der Waals surface area contributed by atoms with Crippen LogP contribution in [0.15, 0.2) is 24.3 Å². The predicted octanol–water partition coefficient (Wildman–Crippen LogP) is 1.90. The number of carbonyl (C=O) groups is 2. The maximum Gasteiger partial charge on any atom is 0.328 e. The monoisotopic (exact) mass is 312 g/mol. The van der Waals surface area contributed by atoms with E-state index in [1.165, 1.54) is 4.90 Å². The van der Waals surface area contributed by atoms with Crippen LogP contribution in [0, 0.1) is 0 Å². The molecule has 1 aliphatic rings. The molecule has 0 aliphatic carbocycles. The quantitative estimate of drug-likeness (QED) is 0.893. The average Bonchev–Trinajstić information content (AvgIpc) is 2.47. The number of urea groups is 1. The molecule has 1 aromatic rings. The second kappa shape index (κ2) is 6.78. The minimum absolute atomic E-state index is 0.0120. The van der Waals surface area contributed by atoms with Gasteiger partial charge in [0, 0.05) is 11.6 Å². The Morgan fingerprint density at radius 2 is 2.10 bits per heavy atom. The van der Waals surface area contributed by atoms with Crippen molar-refractivity contribution in [3.63, 3.8) is 0 Å². The first kappa shape index (κ1) is 15.6. The number of hydrogen-bond donors (Lipinski definition) is 2. The summed E-state index contributed by atoms with van der Waals surface area (Å²) in [7, 11) is 0. The van der Waals surface area contributed by atoms with Gasteiger partial charge in [0.05, 0.1) is 19.3 Å². The second-order valence-corrected chi connectivity index (χ2v) is 5.28. The molecule has 2 atom stereocenters. The van der Waals surface area contributed by atoms with E-state index < -0.39 is 18.0 Å². The van der Waals surface area contributed by atoms with Crippen molar-refractivity contribution in [2.45, 2.75) is 19.0 Å². The highest BCUT2D eigenvalue weighted by molar-refractivity contribution is 6.30. The van der Waals surface area contributed by atoms with Crippen LogP contribution in [-0.4, -0.2) is 47.8 Å². The van der Waals surface area contributed by atoms with Gasteiger partial charge in [0.1, 0.15) is 0 Å². The Balaban J connectivity index is 2.02. The number of rotatable bonds is 3. The Hall–Kier alpha value is -1.79. The molecule has 2 unspecified atom stereocenters. The highest BCUT2D eigenvalue weighted by Gasteiger charge is 2.33. The number of amides is 2. The van der Waals surface area contributed by atoms with E-state index in [1.807, 2.05) is 19.1 Å². The Labute approximate surface area is 127 Å². The maximum absolute atomic E-state index is 12.2. The molecule has 7 heteroatoms. The first-order chi connectivity index (χ1) is 9.99. The van der Waals surface area contributed by atoms with Crippen LogP contribution in [0.3, 0.4) is 0 Å². The number of benzene rings is 1. The molecule has 1 fully saturated rings. The molecule has 1 aliphatic heterocycles. The van der Waals surface area contributed by atoms with Crippen LogP contribution in [0.25, 0.3) is 0 Å². The van der Waals surface area contributed by atoms with Crippen LogP contribution in [0.1, 0.15) is 18.5 Å². The molecule has 114 valence electrons. The van der Waals surface area contributed by atoms with Gasteiger partial charge >= 0.3 is 12.0 Å². The number of hydrogen-bond acceptors (Lipinski definition) is 3. The molecular formula is C14H17ClN2O4. The lowest BCUT2D eigenvalue weighted by molar-refractivity contribution is -0.147. The molecule has 0 aromatic heterocycles. The van der Waals surface area contributed by atoms with E-state index in [4.69, 9.17) is 21.4 Å². The van der Waals surface area contributed by atoms with E-state index >= 15 is 0 Å². The molecule has 1 saturated heterocycles. The van der Waals surface area contributed by atoms with Crippen molar-refractivity contribution in [1.29, 1.82) is 0 Å². The number of nitrogens with one attached hydrogen (secondary N) is 1. The molecule has 1 aromatic carbocycles. The van der Waals surface area contributed by atoms with Crippen LogP contribution in [0.2, 0.25) is 5.02 Å². The van der Waals surface area contributed by atoms with Crippen LogP contribution in [-0.2, 0) is 9.53 Å². The largest absolute Gasteiger partial charge is 0.480 e. The fourth-order valence-corrected chi connectivity index (χ4v) is 2.28. The van der Waals surface area contributed by atoms with Crippen molar-refractivity contribution in [1.82, 2.24) is 10.2 Å². The van der Waals surface area contributed by atoms with Gasteiger partial charge in [-0.15, -0.1) is 0 Å². The summed E-state index contributed by atoms with van der Waals surface area (Å²) in [6.45, 7) is 2.44. The summed E-state index contributed by atoms with van der Waals surface area (Å²) >= 11 is 5.82. The summed E-state index contributed by atoms with van der Waals surface area (Å²) in [6, 6.07) is 5.53. The molecule has 1 heterocycles. The van der Waals surface area contributed by atoms with Gasteiger partial charge < -0.3 is 20.1 Å². The molecule has 0 bridgehead atoms. The third-order valence-electron chi connectivity index (χ3n) is 3.38. The molecule has 6 nitrogen and oxygen atoms in total. The van der Waals surface area contributed by atoms with E-state index in [1.54, 1.807) is 12.1 Å². The van der Waals surface area contributed by atoms with Crippen molar-refractivity contribution in [2.24, 2.45) is 0 Å². The number of nitrogens with zero attached hydrogens (tertiary/aromatic N) is 1. The number of aliphatic carboxylic acids is 1. The topological polar surface area (TPSA) is 78.9 Å². The lowest BCUT2D eigenvalue weighted by atomic mass is 10.1. The molecule has 2 amide bonds. The third kappa shape index (κ3) is 3.86. The smallest absolute Gasteiger partial charge is 0.328 e. The molecular weight excluding hydrogens is 296 g/mol. The molecule has 0 spiro atoms. The Kier molecular flexibility index (Phi) is 5.03. The third-order valence-corrected chi connectivity index (χ3v) is 3.64. The van der Waals surface area contributed by atoms with Gasteiger partial charge in [-0.1, -0.05) is 23.7 Å². The van der Waals surface area contributed by atoms with Gasteiger partial charge in [-0.2, -0.15) is 0 Å². The van der Waals surface area contributed by atoms with E-state index in [0.717, 1.165) is 5.56 Å². The van der Waals surface area contributed by atoms with Crippen LogP contribution < -0.4 is 5.32 Å². The minimum atomic E-state index is -1.07. The van der Waals surface area contributed by atoms with Gasteiger partial charge in [-0.25, -0.2) is 9.59 Å². The van der Waals surface area contributed by atoms with Crippen LogP contribution in [0.4, 0.5) is 4.79 Å². The second-order valence-electron chi connectivity index (χ2n) is 4.85. The molecule has 21 heavy (non-hydrogen) atoms. The number of carboxylic acids is 1. The van der Waals surface area contributed by atoms with E-state index in [-0.39, 0.29) is 19.2 Å². The zero-order valence-corrected chi connectivity index (χ0v) is 12.3. The Bertz CT molecular complexity index is 520. The van der Waals surface area contributed by atoms with Crippen molar-refractivity contribution in [3.05, 3.63) is 34.9 Å². The number of carboxylic acid groups (broad SMARTS) is 1. The normalized spacial score (nSPS) is 19.9. The first-order valence-electron chi connectivity index (χ1n) is 6.62. The molecule has 0 radical (unpaired) electrons. The lowest BCUT2D eigenvalue weighted by Crippen LogP contribution is -2.55. The summed E-state index contributed by atoms with van der Waals surface area (Å²) in [5.41, 5.74) is 0.896. The zero-order chi connectivity index (χ0) is 15.4. The number of ether oxygens (including phenoxy) is 1. The van der Waals surface area contributed by atoms with Gasteiger partial charge in [0.25, 0.3) is 0 Å². The fourth-order valence-electron chi connectivity index (χ4n) is 2.15. The van der Waals surface area contributed by atoms with Crippen molar-refractivity contribution in [3.8, 4) is 0 Å². The number of halogens is 1. The van der Waals surface area contributed by atoms with Crippen LogP contribution in [0.5, 0.6) is 0 Å². The lowest BCUT2D eigenvalue weighted by Gasteiger charge is -2.33. The summed E-state index contributed by atoms with van der Waals surface area (Å²) in [6.07, 6.45) is 0. The zero-order valence-electron chi connectivity index (χ0n) is 11.6. The summed E-state index contributed by atoms with van der Waals surface area (Å²) in [4.78, 5) is 24.7. The van der Waals surface area contributed by atoms with Gasteiger partial charge in [-0.05, 0) is 24.6 Å². The number of carbonyl (C=O) groups excluding carboxylic acids is 1. The summed E-state index contributed by atoms with van der Waals surface area (Å²) in [5, 5.41) is 12.5. The summed E-state index contributed by atoms with van der Waals surface area (Å²) in [5.74, 6) is -1.07. The minimum Gasteiger partial charge on any atom is -0.480 e. The van der Waals surface area contributed by atoms with E-state index in [9.17, 15) is 9.59 Å². The predicted molar refractivity (Wildman–Crippen MR) is 77.3 cm³/mol. The highest BCUT2D eigenvalue weighted by atomic mass is 35.5. The maximum atomic E-state index is 12.2. The number of morpholine rings is 1. The van der Waals surface area contributed by atoms with Crippen LogP contribution >= 0.6 is 11.6 Å².